The van der Waals surface area contributed by atoms with E-state index < -0.39 is 10.0 Å². The van der Waals surface area contributed by atoms with Crippen molar-refractivity contribution in [3.05, 3.63) is 75.4 Å². The van der Waals surface area contributed by atoms with Crippen LogP contribution in [0.5, 0.6) is 0 Å². The van der Waals surface area contributed by atoms with Crippen LogP contribution >= 0.6 is 22.6 Å². The monoisotopic (exact) mass is 575 g/mol. The summed E-state index contributed by atoms with van der Waals surface area (Å²) in [7, 11) is -3.53. The number of hydrogen-bond donors (Lipinski definition) is 0. The molecule has 7 nitrogen and oxygen atoms in total. The summed E-state index contributed by atoms with van der Waals surface area (Å²) in [4.78, 5) is 29.8. The van der Waals surface area contributed by atoms with Gasteiger partial charge in [-0.05, 0) is 64.4 Å². The van der Waals surface area contributed by atoms with E-state index in [4.69, 9.17) is 0 Å². The van der Waals surface area contributed by atoms with Crippen LogP contribution in [0.4, 0.5) is 0 Å². The molecule has 1 fully saturated rings. The van der Waals surface area contributed by atoms with Crippen LogP contribution in [0.1, 0.15) is 20.7 Å². The average Bonchev–Trinajstić information content (AvgIpc) is 2.83. The third-order valence-electron chi connectivity index (χ3n) is 6.28. The number of sulfonamides is 1. The van der Waals surface area contributed by atoms with E-state index in [9.17, 15) is 18.0 Å². The third kappa shape index (κ3) is 4.07. The molecule has 3 aromatic carbocycles. The van der Waals surface area contributed by atoms with Crippen LogP contribution in [0.2, 0.25) is 0 Å². The number of amides is 2. The van der Waals surface area contributed by atoms with E-state index in [2.05, 4.69) is 27.5 Å². The number of carbonyl (C=O) groups is 2. The van der Waals surface area contributed by atoms with E-state index in [0.717, 1.165) is 14.3 Å². The Hall–Kier alpha value is -2.34. The molecule has 0 atom stereocenters. The molecular weight excluding hydrogens is 553 g/mol. The van der Waals surface area contributed by atoms with Crippen molar-refractivity contribution >= 4 is 55.2 Å². The number of rotatable bonds is 5. The van der Waals surface area contributed by atoms with Crippen molar-refractivity contribution in [1.82, 2.24) is 14.1 Å². The Bertz CT molecular complexity index is 1300. The van der Waals surface area contributed by atoms with Gasteiger partial charge in [0.1, 0.15) is 0 Å². The van der Waals surface area contributed by atoms with Crippen LogP contribution in [0.3, 0.4) is 0 Å². The van der Waals surface area contributed by atoms with Crippen LogP contribution in [0.15, 0.2) is 65.6 Å². The molecule has 0 unspecified atom stereocenters. The SMILES string of the molecule is O=C1c2cccc3cccc(c23)C(=O)N1CCN1CCN(S(=O)(=O)c2ccc(I)cc2)CC1. The lowest BCUT2D eigenvalue weighted by Crippen LogP contribution is -2.51. The van der Waals surface area contributed by atoms with E-state index in [1.807, 2.05) is 24.3 Å². The van der Waals surface area contributed by atoms with Crippen molar-refractivity contribution in [2.45, 2.75) is 4.90 Å². The van der Waals surface area contributed by atoms with Crippen molar-refractivity contribution < 1.29 is 18.0 Å². The van der Waals surface area contributed by atoms with Crippen molar-refractivity contribution in [2.75, 3.05) is 39.3 Å². The van der Waals surface area contributed by atoms with Gasteiger partial charge in [0.05, 0.1) is 4.90 Å². The van der Waals surface area contributed by atoms with Crippen LogP contribution in [-0.2, 0) is 10.0 Å². The average molecular weight is 575 g/mol. The second kappa shape index (κ2) is 8.79. The lowest BCUT2D eigenvalue weighted by Gasteiger charge is -2.35. The Balaban J connectivity index is 1.24. The molecule has 2 aliphatic heterocycles. The molecule has 0 N–H and O–H groups in total. The fourth-order valence-corrected chi connectivity index (χ4v) is 6.26. The normalized spacial score (nSPS) is 17.7. The predicted octanol–water partition coefficient (Wildman–Crippen LogP) is 3.05. The summed E-state index contributed by atoms with van der Waals surface area (Å²) in [6, 6.07) is 17.9. The standard InChI is InChI=1S/C24H22IN3O4S/c25-18-7-9-19(10-8-18)33(31,32)27-14-11-26(12-15-27)13-16-28-23(29)20-5-1-3-17-4-2-6-21(22(17)20)24(28)30/h1-10H,11-16H2. The maximum absolute atomic E-state index is 13.0. The van der Waals surface area contributed by atoms with Gasteiger partial charge in [-0.1, -0.05) is 24.3 Å². The first-order valence-corrected chi connectivity index (χ1v) is 13.2. The number of halogens is 1. The molecule has 2 amide bonds. The lowest BCUT2D eigenvalue weighted by molar-refractivity contribution is 0.0584. The Morgan fingerprint density at radius 1 is 0.758 bits per heavy atom. The van der Waals surface area contributed by atoms with Crippen LogP contribution in [0, 0.1) is 3.57 Å². The molecule has 0 radical (unpaired) electrons. The molecule has 0 saturated carbocycles. The molecule has 0 aliphatic carbocycles. The first-order chi connectivity index (χ1) is 15.9. The van der Waals surface area contributed by atoms with Crippen LogP contribution in [0.25, 0.3) is 10.8 Å². The largest absolute Gasteiger partial charge is 0.299 e. The van der Waals surface area contributed by atoms with E-state index in [1.165, 1.54) is 9.21 Å². The summed E-state index contributed by atoms with van der Waals surface area (Å²) in [5.41, 5.74) is 1.10. The number of nitrogens with zero attached hydrogens (tertiary/aromatic N) is 3. The van der Waals surface area contributed by atoms with Gasteiger partial charge in [0, 0.05) is 59.4 Å². The highest BCUT2D eigenvalue weighted by Crippen LogP contribution is 2.30. The molecule has 5 rings (SSSR count). The second-order valence-corrected chi connectivity index (χ2v) is 11.4. The molecule has 3 aromatic rings. The quantitative estimate of drug-likeness (QED) is 0.346. The van der Waals surface area contributed by atoms with E-state index in [0.29, 0.717) is 48.7 Å². The molecular formula is C24H22IN3O4S. The summed E-state index contributed by atoms with van der Waals surface area (Å²) < 4.78 is 28.3. The maximum Gasteiger partial charge on any atom is 0.261 e. The van der Waals surface area contributed by atoms with Crippen molar-refractivity contribution in [3.8, 4) is 0 Å². The van der Waals surface area contributed by atoms with E-state index in [-0.39, 0.29) is 18.4 Å². The first kappa shape index (κ1) is 22.5. The molecule has 0 spiro atoms. The highest BCUT2D eigenvalue weighted by molar-refractivity contribution is 14.1. The smallest absolute Gasteiger partial charge is 0.261 e. The minimum atomic E-state index is -3.53. The summed E-state index contributed by atoms with van der Waals surface area (Å²) >= 11 is 2.15. The Kier molecular flexibility index (Phi) is 5.98. The Morgan fingerprint density at radius 2 is 1.33 bits per heavy atom. The van der Waals surface area contributed by atoms with Gasteiger partial charge in [0.15, 0.2) is 0 Å². The molecule has 33 heavy (non-hydrogen) atoms. The second-order valence-electron chi connectivity index (χ2n) is 8.17. The molecule has 0 bridgehead atoms. The van der Waals surface area contributed by atoms with Gasteiger partial charge in [0.2, 0.25) is 10.0 Å². The number of piperazine rings is 1. The number of hydrogen-bond acceptors (Lipinski definition) is 5. The zero-order valence-corrected chi connectivity index (χ0v) is 20.8. The molecule has 0 aromatic heterocycles. The van der Waals surface area contributed by atoms with Gasteiger partial charge in [-0.15, -0.1) is 0 Å². The number of carbonyl (C=O) groups excluding carboxylic acids is 2. The van der Waals surface area contributed by atoms with Gasteiger partial charge < -0.3 is 0 Å². The Labute approximate surface area is 206 Å². The van der Waals surface area contributed by atoms with Crippen molar-refractivity contribution in [2.24, 2.45) is 0 Å². The van der Waals surface area contributed by atoms with Gasteiger partial charge in [0.25, 0.3) is 11.8 Å². The molecule has 9 heteroatoms. The Morgan fingerprint density at radius 3 is 1.91 bits per heavy atom. The van der Waals surface area contributed by atoms with E-state index in [1.54, 1.807) is 36.4 Å². The highest BCUT2D eigenvalue weighted by atomic mass is 127. The summed E-state index contributed by atoms with van der Waals surface area (Å²) in [6.07, 6.45) is 0. The zero-order chi connectivity index (χ0) is 23.2. The molecule has 2 heterocycles. The maximum atomic E-state index is 13.0. The summed E-state index contributed by atoms with van der Waals surface area (Å²) in [5.74, 6) is -0.548. The van der Waals surface area contributed by atoms with Crippen LogP contribution in [-0.4, -0.2) is 73.6 Å². The summed E-state index contributed by atoms with van der Waals surface area (Å²) in [6.45, 7) is 2.62. The third-order valence-corrected chi connectivity index (χ3v) is 8.91. The molecule has 170 valence electrons. The van der Waals surface area contributed by atoms with Gasteiger partial charge in [-0.3, -0.25) is 19.4 Å². The first-order valence-electron chi connectivity index (χ1n) is 10.7. The predicted molar refractivity (Wildman–Crippen MR) is 134 cm³/mol. The fourth-order valence-electron chi connectivity index (χ4n) is 4.47. The summed E-state index contributed by atoms with van der Waals surface area (Å²) in [5, 5.41) is 1.61. The molecule has 2 aliphatic rings. The fraction of sp³-hybridized carbons (Fsp3) is 0.250. The van der Waals surface area contributed by atoms with Gasteiger partial charge in [-0.25, -0.2) is 8.42 Å². The minimum absolute atomic E-state index is 0.270. The topological polar surface area (TPSA) is 78.0 Å². The number of benzene rings is 3. The van der Waals surface area contributed by atoms with Crippen LogP contribution < -0.4 is 0 Å². The molecule has 1 saturated heterocycles. The highest BCUT2D eigenvalue weighted by Gasteiger charge is 2.33. The minimum Gasteiger partial charge on any atom is -0.299 e. The zero-order valence-electron chi connectivity index (χ0n) is 17.8. The van der Waals surface area contributed by atoms with Crippen molar-refractivity contribution in [1.29, 1.82) is 0 Å². The number of imide groups is 1. The lowest BCUT2D eigenvalue weighted by atomic mass is 9.94. The van der Waals surface area contributed by atoms with Gasteiger partial charge >= 0.3 is 0 Å². The van der Waals surface area contributed by atoms with E-state index >= 15 is 0 Å². The van der Waals surface area contributed by atoms with Gasteiger partial charge in [-0.2, -0.15) is 4.31 Å². The van der Waals surface area contributed by atoms with Crippen molar-refractivity contribution in [3.63, 3.8) is 0 Å².